The fourth-order valence-corrected chi connectivity index (χ4v) is 2.62. The summed E-state index contributed by atoms with van der Waals surface area (Å²) in [5, 5.41) is 0. The van der Waals surface area contributed by atoms with Gasteiger partial charge in [0, 0.05) is 18.8 Å². The molecule has 0 fully saturated rings. The second kappa shape index (κ2) is 9.74. The summed E-state index contributed by atoms with van der Waals surface area (Å²) in [6.45, 7) is 12.2. The van der Waals surface area contributed by atoms with Crippen LogP contribution in [0.1, 0.15) is 32.8 Å². The summed E-state index contributed by atoms with van der Waals surface area (Å²) in [6, 6.07) is 5.28. The van der Waals surface area contributed by atoms with Crippen LogP contribution in [0.2, 0.25) is 0 Å². The Morgan fingerprint density at radius 2 is 1.71 bits per heavy atom. The minimum atomic E-state index is -0.168. The molecule has 0 saturated carbocycles. The average molecular weight is 295 g/mol. The zero-order chi connectivity index (χ0) is 15.7. The molecule has 1 aromatic rings. The highest BCUT2D eigenvalue weighted by Crippen LogP contribution is 2.19. The first kappa shape index (κ1) is 17.9. The summed E-state index contributed by atoms with van der Waals surface area (Å²) in [4.78, 5) is 4.66. The number of hydrogen-bond donors (Lipinski definition) is 1. The molecular formula is C17H30FN3. The molecule has 0 aliphatic heterocycles. The number of nitrogens with two attached hydrogens (primary N) is 1. The molecule has 0 bridgehead atoms. The molecule has 0 aliphatic rings. The van der Waals surface area contributed by atoms with Gasteiger partial charge in [-0.3, -0.25) is 0 Å². The maximum atomic E-state index is 13.7. The number of nitrogens with zero attached hydrogens (tertiary/aromatic N) is 2. The number of benzene rings is 1. The third-order valence-electron chi connectivity index (χ3n) is 3.92. The molecule has 0 aliphatic carbocycles. The van der Waals surface area contributed by atoms with E-state index in [1.165, 1.54) is 0 Å². The molecule has 120 valence electrons. The zero-order valence-corrected chi connectivity index (χ0v) is 13.7. The lowest BCUT2D eigenvalue weighted by Crippen LogP contribution is -2.30. The largest absolute Gasteiger partial charge is 0.372 e. The molecule has 0 atom stereocenters. The van der Waals surface area contributed by atoms with Crippen molar-refractivity contribution in [1.82, 2.24) is 4.90 Å². The highest BCUT2D eigenvalue weighted by atomic mass is 19.1. The van der Waals surface area contributed by atoms with Crippen LogP contribution in [0.4, 0.5) is 10.1 Å². The predicted octanol–water partition coefficient (Wildman–Crippen LogP) is 2.89. The van der Waals surface area contributed by atoms with E-state index in [4.69, 9.17) is 5.73 Å². The maximum Gasteiger partial charge on any atom is 0.125 e. The summed E-state index contributed by atoms with van der Waals surface area (Å²) >= 11 is 0. The summed E-state index contributed by atoms with van der Waals surface area (Å²) in [5.74, 6) is -0.168. The third-order valence-corrected chi connectivity index (χ3v) is 3.92. The fraction of sp³-hybridized carbons (Fsp3) is 0.647. The van der Waals surface area contributed by atoms with Crippen molar-refractivity contribution in [2.45, 2.75) is 33.6 Å². The van der Waals surface area contributed by atoms with Crippen molar-refractivity contribution in [2.24, 2.45) is 5.73 Å². The Morgan fingerprint density at radius 3 is 2.29 bits per heavy atom. The normalized spacial score (nSPS) is 11.1. The molecular weight excluding hydrogens is 265 g/mol. The third kappa shape index (κ3) is 6.02. The van der Waals surface area contributed by atoms with E-state index in [1.807, 2.05) is 0 Å². The van der Waals surface area contributed by atoms with E-state index in [1.54, 1.807) is 12.1 Å². The standard InChI is InChI=1S/C17H30FN3/c1-4-20(5-2)10-7-11-21(6-3)17-13-15(8-9-19)12-16(18)14-17/h12-14H,4-11,19H2,1-3H3. The van der Waals surface area contributed by atoms with E-state index in [9.17, 15) is 4.39 Å². The molecule has 1 rings (SSSR count). The Hall–Kier alpha value is -1.13. The summed E-state index contributed by atoms with van der Waals surface area (Å²) in [7, 11) is 0. The molecule has 21 heavy (non-hydrogen) atoms. The molecule has 0 radical (unpaired) electrons. The van der Waals surface area contributed by atoms with Crippen LogP contribution in [0, 0.1) is 5.82 Å². The van der Waals surface area contributed by atoms with Crippen LogP contribution in [0.15, 0.2) is 18.2 Å². The van der Waals surface area contributed by atoms with Crippen LogP contribution in [-0.4, -0.2) is 44.2 Å². The molecule has 0 aromatic heterocycles. The minimum Gasteiger partial charge on any atom is -0.372 e. The fourth-order valence-electron chi connectivity index (χ4n) is 2.62. The van der Waals surface area contributed by atoms with Gasteiger partial charge in [-0.1, -0.05) is 13.8 Å². The van der Waals surface area contributed by atoms with Gasteiger partial charge >= 0.3 is 0 Å². The molecule has 0 spiro atoms. The van der Waals surface area contributed by atoms with Crippen molar-refractivity contribution < 1.29 is 4.39 Å². The van der Waals surface area contributed by atoms with Gasteiger partial charge in [0.2, 0.25) is 0 Å². The highest BCUT2D eigenvalue weighted by Gasteiger charge is 2.08. The van der Waals surface area contributed by atoms with Crippen molar-refractivity contribution in [3.63, 3.8) is 0 Å². The lowest BCUT2D eigenvalue weighted by Gasteiger charge is -2.26. The molecule has 0 amide bonds. The maximum absolute atomic E-state index is 13.7. The highest BCUT2D eigenvalue weighted by molar-refractivity contribution is 5.49. The van der Waals surface area contributed by atoms with Crippen LogP contribution >= 0.6 is 0 Å². The Morgan fingerprint density at radius 1 is 1.00 bits per heavy atom. The van der Waals surface area contributed by atoms with Gasteiger partial charge in [-0.25, -0.2) is 4.39 Å². The van der Waals surface area contributed by atoms with Gasteiger partial charge in [0.1, 0.15) is 5.82 Å². The molecule has 2 N–H and O–H groups in total. The minimum absolute atomic E-state index is 0.168. The van der Waals surface area contributed by atoms with E-state index < -0.39 is 0 Å². The van der Waals surface area contributed by atoms with Gasteiger partial charge in [0.25, 0.3) is 0 Å². The van der Waals surface area contributed by atoms with Crippen LogP contribution in [-0.2, 0) is 6.42 Å². The zero-order valence-electron chi connectivity index (χ0n) is 13.7. The first-order valence-electron chi connectivity index (χ1n) is 8.11. The van der Waals surface area contributed by atoms with E-state index in [0.29, 0.717) is 6.54 Å². The van der Waals surface area contributed by atoms with Gasteiger partial charge in [0.15, 0.2) is 0 Å². The van der Waals surface area contributed by atoms with Crippen LogP contribution in [0.5, 0.6) is 0 Å². The number of halogens is 1. The predicted molar refractivity (Wildman–Crippen MR) is 89.5 cm³/mol. The van der Waals surface area contributed by atoms with Crippen LogP contribution < -0.4 is 10.6 Å². The Labute approximate surface area is 128 Å². The number of rotatable bonds is 10. The van der Waals surface area contributed by atoms with Crippen molar-refractivity contribution in [2.75, 3.05) is 44.2 Å². The topological polar surface area (TPSA) is 32.5 Å². The smallest absolute Gasteiger partial charge is 0.125 e. The first-order valence-corrected chi connectivity index (χ1v) is 8.11. The van der Waals surface area contributed by atoms with E-state index in [0.717, 1.165) is 56.8 Å². The molecule has 3 nitrogen and oxygen atoms in total. The quantitative estimate of drug-likeness (QED) is 0.720. The van der Waals surface area contributed by atoms with Crippen LogP contribution in [0.3, 0.4) is 0 Å². The van der Waals surface area contributed by atoms with Gasteiger partial charge in [-0.05, 0) is 69.7 Å². The van der Waals surface area contributed by atoms with Crippen molar-refractivity contribution in [1.29, 1.82) is 0 Å². The molecule has 4 heteroatoms. The van der Waals surface area contributed by atoms with Gasteiger partial charge in [-0.15, -0.1) is 0 Å². The summed E-state index contributed by atoms with van der Waals surface area (Å²) in [6.07, 6.45) is 1.82. The van der Waals surface area contributed by atoms with E-state index in [-0.39, 0.29) is 5.82 Å². The summed E-state index contributed by atoms with van der Waals surface area (Å²) in [5.41, 5.74) is 7.53. The Balaban J connectivity index is 2.66. The number of hydrogen-bond acceptors (Lipinski definition) is 3. The average Bonchev–Trinajstić information content (AvgIpc) is 2.47. The van der Waals surface area contributed by atoms with E-state index >= 15 is 0 Å². The first-order chi connectivity index (χ1) is 10.1. The van der Waals surface area contributed by atoms with Crippen molar-refractivity contribution >= 4 is 5.69 Å². The lowest BCUT2D eigenvalue weighted by molar-refractivity contribution is 0.301. The monoisotopic (exact) mass is 295 g/mol. The SMILES string of the molecule is CCN(CC)CCCN(CC)c1cc(F)cc(CCN)c1. The van der Waals surface area contributed by atoms with Crippen molar-refractivity contribution in [3.8, 4) is 0 Å². The van der Waals surface area contributed by atoms with E-state index in [2.05, 4.69) is 36.6 Å². The van der Waals surface area contributed by atoms with Gasteiger partial charge in [0.05, 0.1) is 0 Å². The van der Waals surface area contributed by atoms with Crippen LogP contribution in [0.25, 0.3) is 0 Å². The molecule has 1 aromatic carbocycles. The van der Waals surface area contributed by atoms with Crippen molar-refractivity contribution in [3.05, 3.63) is 29.6 Å². The van der Waals surface area contributed by atoms with Gasteiger partial charge < -0.3 is 15.5 Å². The summed E-state index contributed by atoms with van der Waals surface area (Å²) < 4.78 is 13.7. The second-order valence-electron chi connectivity index (χ2n) is 5.32. The molecule has 0 heterocycles. The molecule has 0 saturated heterocycles. The number of anilines is 1. The second-order valence-corrected chi connectivity index (χ2v) is 5.32. The van der Waals surface area contributed by atoms with Gasteiger partial charge in [-0.2, -0.15) is 0 Å². The lowest BCUT2D eigenvalue weighted by atomic mass is 10.1. The Bertz CT molecular complexity index is 405. The Kier molecular flexibility index (Phi) is 8.31. The molecule has 0 unspecified atom stereocenters.